The Kier molecular flexibility index (Phi) is 4.61. The van der Waals surface area contributed by atoms with Crippen molar-refractivity contribution in [2.45, 2.75) is 25.8 Å². The fourth-order valence-electron chi connectivity index (χ4n) is 3.14. The second-order valence-corrected chi connectivity index (χ2v) is 7.17. The quantitative estimate of drug-likeness (QED) is 0.920. The van der Waals surface area contributed by atoms with Crippen LogP contribution in [0.4, 0.5) is 0 Å². The molecule has 1 unspecified atom stereocenters. The summed E-state index contributed by atoms with van der Waals surface area (Å²) in [6, 6.07) is 8.41. The van der Waals surface area contributed by atoms with E-state index in [1.165, 1.54) is 40.9 Å². The van der Waals surface area contributed by atoms with Gasteiger partial charge in [0.05, 0.1) is 5.02 Å². The van der Waals surface area contributed by atoms with E-state index < -0.39 is 0 Å². The summed E-state index contributed by atoms with van der Waals surface area (Å²) >= 11 is 8.37. The van der Waals surface area contributed by atoms with Crippen molar-refractivity contribution in [3.05, 3.63) is 34.2 Å². The summed E-state index contributed by atoms with van der Waals surface area (Å²) in [4.78, 5) is 3.85. The van der Waals surface area contributed by atoms with Crippen molar-refractivity contribution in [2.75, 3.05) is 19.6 Å². The smallest absolute Gasteiger partial charge is 0.0637 e. The molecule has 4 heteroatoms. The largest absolute Gasteiger partial charge is 0.330 e. The molecule has 2 heterocycles. The Bertz CT molecular complexity index is 579. The van der Waals surface area contributed by atoms with Crippen LogP contribution in [0.1, 0.15) is 24.1 Å². The van der Waals surface area contributed by atoms with E-state index in [9.17, 15) is 0 Å². The molecule has 1 aliphatic heterocycles. The van der Waals surface area contributed by atoms with Crippen molar-refractivity contribution in [3.8, 4) is 0 Å². The molecule has 1 aromatic carbocycles. The molecular weight excluding hydrogens is 288 g/mol. The Balaban J connectivity index is 1.74. The van der Waals surface area contributed by atoms with Crippen molar-refractivity contribution in [3.63, 3.8) is 0 Å². The molecule has 0 saturated carbocycles. The molecule has 2 aromatic rings. The molecule has 0 spiro atoms. The number of rotatable bonds is 4. The van der Waals surface area contributed by atoms with Gasteiger partial charge in [-0.25, -0.2) is 0 Å². The first-order valence-corrected chi connectivity index (χ1v) is 8.55. The zero-order valence-corrected chi connectivity index (χ0v) is 13.2. The van der Waals surface area contributed by atoms with Crippen molar-refractivity contribution < 1.29 is 0 Å². The van der Waals surface area contributed by atoms with Gasteiger partial charge < -0.3 is 5.73 Å². The van der Waals surface area contributed by atoms with Crippen LogP contribution in [0.2, 0.25) is 5.02 Å². The summed E-state index contributed by atoms with van der Waals surface area (Å²) in [6.45, 7) is 4.15. The molecule has 0 bridgehead atoms. The van der Waals surface area contributed by atoms with E-state index in [4.69, 9.17) is 17.3 Å². The molecule has 1 aliphatic rings. The van der Waals surface area contributed by atoms with E-state index in [0.29, 0.717) is 0 Å². The standard InChI is InChI=1S/C16H21ClN2S/c17-16-13-5-1-2-6-14(13)20-15(16)11-19-9-3-4-12(10-19)7-8-18/h1-2,5-6,12H,3-4,7-11,18H2. The number of benzene rings is 1. The Hall–Kier alpha value is -0.610. The van der Waals surface area contributed by atoms with Crippen LogP contribution in [-0.2, 0) is 6.54 Å². The second-order valence-electron chi connectivity index (χ2n) is 5.66. The lowest BCUT2D eigenvalue weighted by Crippen LogP contribution is -2.35. The number of halogens is 1. The van der Waals surface area contributed by atoms with Gasteiger partial charge in [0.1, 0.15) is 0 Å². The Morgan fingerprint density at radius 2 is 2.20 bits per heavy atom. The first-order valence-electron chi connectivity index (χ1n) is 7.36. The van der Waals surface area contributed by atoms with Crippen LogP contribution >= 0.6 is 22.9 Å². The molecule has 108 valence electrons. The number of thiophene rings is 1. The third kappa shape index (κ3) is 3.01. The van der Waals surface area contributed by atoms with E-state index in [2.05, 4.69) is 29.2 Å². The molecule has 1 fully saturated rings. The number of hydrogen-bond acceptors (Lipinski definition) is 3. The van der Waals surface area contributed by atoms with Gasteiger partial charge in [-0.15, -0.1) is 11.3 Å². The molecule has 20 heavy (non-hydrogen) atoms. The van der Waals surface area contributed by atoms with Crippen LogP contribution in [0.15, 0.2) is 24.3 Å². The van der Waals surface area contributed by atoms with Crippen molar-refractivity contribution in [1.82, 2.24) is 4.90 Å². The minimum absolute atomic E-state index is 0.766. The van der Waals surface area contributed by atoms with Gasteiger partial charge in [-0.05, 0) is 44.3 Å². The second kappa shape index (κ2) is 6.44. The van der Waals surface area contributed by atoms with Gasteiger partial charge in [0.15, 0.2) is 0 Å². The fourth-order valence-corrected chi connectivity index (χ4v) is 4.67. The summed E-state index contributed by atoms with van der Waals surface area (Å²) in [6.07, 6.45) is 3.76. The van der Waals surface area contributed by atoms with Crippen LogP contribution in [0, 0.1) is 5.92 Å². The summed E-state index contributed by atoms with van der Waals surface area (Å²) < 4.78 is 1.29. The number of piperidine rings is 1. The summed E-state index contributed by atoms with van der Waals surface area (Å²) in [7, 11) is 0. The SMILES string of the molecule is NCCC1CCCN(Cc2sc3ccccc3c2Cl)C1. The van der Waals surface area contributed by atoms with Gasteiger partial charge in [0.25, 0.3) is 0 Å². The molecule has 2 nitrogen and oxygen atoms in total. The zero-order chi connectivity index (χ0) is 13.9. The minimum atomic E-state index is 0.766. The van der Waals surface area contributed by atoms with Crippen LogP contribution in [0.5, 0.6) is 0 Å². The molecule has 0 aliphatic carbocycles. The maximum absolute atomic E-state index is 6.54. The topological polar surface area (TPSA) is 29.3 Å². The zero-order valence-electron chi connectivity index (χ0n) is 11.6. The van der Waals surface area contributed by atoms with Crippen molar-refractivity contribution in [2.24, 2.45) is 11.7 Å². The number of fused-ring (bicyclic) bond motifs is 1. The monoisotopic (exact) mass is 308 g/mol. The van der Waals surface area contributed by atoms with Crippen LogP contribution in [-0.4, -0.2) is 24.5 Å². The lowest BCUT2D eigenvalue weighted by Gasteiger charge is -2.32. The van der Waals surface area contributed by atoms with Gasteiger partial charge in [-0.1, -0.05) is 29.8 Å². The third-order valence-electron chi connectivity index (χ3n) is 4.15. The summed E-state index contributed by atoms with van der Waals surface area (Å²) in [5.74, 6) is 0.766. The van der Waals surface area contributed by atoms with Crippen molar-refractivity contribution >= 4 is 33.0 Å². The summed E-state index contributed by atoms with van der Waals surface area (Å²) in [5.41, 5.74) is 5.69. The molecule has 0 amide bonds. The molecule has 3 rings (SSSR count). The van der Waals surface area contributed by atoms with E-state index in [1.54, 1.807) is 0 Å². The molecule has 1 atom stereocenters. The predicted octanol–water partition coefficient (Wildman–Crippen LogP) is 4.12. The van der Waals surface area contributed by atoms with Gasteiger partial charge in [-0.3, -0.25) is 4.90 Å². The molecular formula is C16H21ClN2S. The predicted molar refractivity (Wildman–Crippen MR) is 88.5 cm³/mol. The number of nitrogens with zero attached hydrogens (tertiary/aromatic N) is 1. The average molecular weight is 309 g/mol. The van der Waals surface area contributed by atoms with E-state index >= 15 is 0 Å². The first-order chi connectivity index (χ1) is 9.78. The molecule has 1 saturated heterocycles. The van der Waals surface area contributed by atoms with E-state index in [0.717, 1.165) is 30.5 Å². The maximum Gasteiger partial charge on any atom is 0.0637 e. The highest BCUT2D eigenvalue weighted by atomic mass is 35.5. The number of likely N-dealkylation sites (tertiary alicyclic amines) is 1. The van der Waals surface area contributed by atoms with E-state index in [-0.39, 0.29) is 0 Å². The fraction of sp³-hybridized carbons (Fsp3) is 0.500. The molecule has 1 aromatic heterocycles. The van der Waals surface area contributed by atoms with Gasteiger partial charge in [-0.2, -0.15) is 0 Å². The van der Waals surface area contributed by atoms with Crippen LogP contribution in [0.3, 0.4) is 0 Å². The average Bonchev–Trinajstić information content (AvgIpc) is 2.77. The van der Waals surface area contributed by atoms with Crippen LogP contribution in [0.25, 0.3) is 10.1 Å². The first kappa shape index (κ1) is 14.3. The lowest BCUT2D eigenvalue weighted by atomic mass is 9.95. The normalized spacial score (nSPS) is 20.6. The van der Waals surface area contributed by atoms with Gasteiger partial charge in [0, 0.05) is 28.1 Å². The van der Waals surface area contributed by atoms with Gasteiger partial charge in [0.2, 0.25) is 0 Å². The maximum atomic E-state index is 6.54. The highest BCUT2D eigenvalue weighted by Crippen LogP contribution is 2.36. The van der Waals surface area contributed by atoms with Gasteiger partial charge >= 0.3 is 0 Å². The Morgan fingerprint density at radius 1 is 1.35 bits per heavy atom. The number of hydrogen-bond donors (Lipinski definition) is 1. The lowest BCUT2D eigenvalue weighted by molar-refractivity contribution is 0.164. The Labute approximate surface area is 129 Å². The summed E-state index contributed by atoms with van der Waals surface area (Å²) in [5, 5.41) is 2.15. The molecule has 2 N–H and O–H groups in total. The van der Waals surface area contributed by atoms with Crippen LogP contribution < -0.4 is 5.73 Å². The third-order valence-corrected chi connectivity index (χ3v) is 5.85. The van der Waals surface area contributed by atoms with Crippen molar-refractivity contribution in [1.29, 1.82) is 0 Å². The van der Waals surface area contributed by atoms with E-state index in [1.807, 2.05) is 11.3 Å². The Morgan fingerprint density at radius 3 is 3.00 bits per heavy atom. The highest BCUT2D eigenvalue weighted by molar-refractivity contribution is 7.19. The minimum Gasteiger partial charge on any atom is -0.330 e. The highest BCUT2D eigenvalue weighted by Gasteiger charge is 2.21. The number of nitrogens with two attached hydrogens (primary N) is 1. The molecule has 0 radical (unpaired) electrons.